The van der Waals surface area contributed by atoms with Crippen LogP contribution in [0.1, 0.15) is 16.8 Å². The smallest absolute Gasteiger partial charge is 0.119 e. The number of pyridine rings is 1. The second-order valence-corrected chi connectivity index (χ2v) is 4.62. The SMILES string of the molecule is CNCCc1cc(C)c2cc(OC)cc(C)c2n1. The van der Waals surface area contributed by atoms with Crippen molar-refractivity contribution in [3.8, 4) is 5.75 Å². The molecule has 96 valence electrons. The number of ether oxygens (including phenoxy) is 1. The highest BCUT2D eigenvalue weighted by atomic mass is 16.5. The Balaban J connectivity index is 2.55. The zero-order chi connectivity index (χ0) is 13.1. The predicted molar refractivity (Wildman–Crippen MR) is 75.4 cm³/mol. The molecule has 1 N–H and O–H groups in total. The Morgan fingerprint density at radius 1 is 1.17 bits per heavy atom. The first-order valence-corrected chi connectivity index (χ1v) is 6.25. The largest absolute Gasteiger partial charge is 0.497 e. The monoisotopic (exact) mass is 244 g/mol. The van der Waals surface area contributed by atoms with E-state index < -0.39 is 0 Å². The lowest BCUT2D eigenvalue weighted by Crippen LogP contribution is -2.11. The molecule has 0 aliphatic heterocycles. The van der Waals surface area contributed by atoms with Crippen molar-refractivity contribution in [1.29, 1.82) is 0 Å². The first-order valence-electron chi connectivity index (χ1n) is 6.25. The lowest BCUT2D eigenvalue weighted by molar-refractivity contribution is 0.415. The van der Waals surface area contributed by atoms with E-state index >= 15 is 0 Å². The van der Waals surface area contributed by atoms with Gasteiger partial charge in [0.25, 0.3) is 0 Å². The minimum Gasteiger partial charge on any atom is -0.497 e. The first kappa shape index (κ1) is 12.8. The zero-order valence-corrected chi connectivity index (χ0v) is 11.5. The summed E-state index contributed by atoms with van der Waals surface area (Å²) in [4.78, 5) is 4.75. The van der Waals surface area contributed by atoms with Gasteiger partial charge in [-0.15, -0.1) is 0 Å². The number of fused-ring (bicyclic) bond motifs is 1. The lowest BCUT2D eigenvalue weighted by Gasteiger charge is -2.10. The molecule has 0 bridgehead atoms. The van der Waals surface area contributed by atoms with Crippen LogP contribution in [0.25, 0.3) is 10.9 Å². The van der Waals surface area contributed by atoms with Crippen LogP contribution < -0.4 is 10.1 Å². The normalized spacial score (nSPS) is 10.9. The summed E-state index contributed by atoms with van der Waals surface area (Å²) in [6.07, 6.45) is 0.957. The zero-order valence-electron chi connectivity index (χ0n) is 11.5. The van der Waals surface area contributed by atoms with Gasteiger partial charge in [0, 0.05) is 24.0 Å². The highest BCUT2D eigenvalue weighted by molar-refractivity contribution is 5.86. The molecule has 0 radical (unpaired) electrons. The number of aryl methyl sites for hydroxylation is 2. The molecule has 0 saturated heterocycles. The average Bonchev–Trinajstić information content (AvgIpc) is 2.37. The third-order valence-corrected chi connectivity index (χ3v) is 3.20. The molecule has 1 aromatic heterocycles. The third kappa shape index (κ3) is 2.46. The molecular weight excluding hydrogens is 224 g/mol. The van der Waals surface area contributed by atoms with Gasteiger partial charge >= 0.3 is 0 Å². The fraction of sp³-hybridized carbons (Fsp3) is 0.400. The van der Waals surface area contributed by atoms with Crippen LogP contribution in [0.5, 0.6) is 5.75 Å². The van der Waals surface area contributed by atoms with E-state index in [0.717, 1.165) is 29.9 Å². The summed E-state index contributed by atoms with van der Waals surface area (Å²) in [6, 6.07) is 6.27. The van der Waals surface area contributed by atoms with Crippen LogP contribution >= 0.6 is 0 Å². The number of methoxy groups -OCH3 is 1. The van der Waals surface area contributed by atoms with E-state index in [1.165, 1.54) is 16.5 Å². The van der Waals surface area contributed by atoms with Gasteiger partial charge in [-0.25, -0.2) is 0 Å². The minimum atomic E-state index is 0.896. The van der Waals surface area contributed by atoms with E-state index in [2.05, 4.69) is 31.3 Å². The molecule has 1 aromatic carbocycles. The number of benzene rings is 1. The maximum atomic E-state index is 5.32. The maximum absolute atomic E-state index is 5.32. The van der Waals surface area contributed by atoms with Crippen LogP contribution in [-0.2, 0) is 6.42 Å². The molecule has 3 heteroatoms. The second kappa shape index (κ2) is 5.36. The van der Waals surface area contributed by atoms with Crippen LogP contribution in [0.4, 0.5) is 0 Å². The summed E-state index contributed by atoms with van der Waals surface area (Å²) in [6.45, 7) is 5.16. The molecule has 18 heavy (non-hydrogen) atoms. The molecule has 1 heterocycles. The van der Waals surface area contributed by atoms with E-state index in [4.69, 9.17) is 9.72 Å². The topological polar surface area (TPSA) is 34.1 Å². The van der Waals surface area contributed by atoms with Crippen molar-refractivity contribution in [3.05, 3.63) is 35.0 Å². The number of nitrogens with one attached hydrogen (secondary N) is 1. The van der Waals surface area contributed by atoms with Gasteiger partial charge < -0.3 is 10.1 Å². The summed E-state index contributed by atoms with van der Waals surface area (Å²) in [7, 11) is 3.66. The Morgan fingerprint density at radius 2 is 1.94 bits per heavy atom. The van der Waals surface area contributed by atoms with Crippen LogP contribution in [0.15, 0.2) is 18.2 Å². The van der Waals surface area contributed by atoms with Gasteiger partial charge in [-0.3, -0.25) is 4.98 Å². The Hall–Kier alpha value is -1.61. The first-order chi connectivity index (χ1) is 8.65. The minimum absolute atomic E-state index is 0.896. The van der Waals surface area contributed by atoms with E-state index in [-0.39, 0.29) is 0 Å². The fourth-order valence-electron chi connectivity index (χ4n) is 2.20. The van der Waals surface area contributed by atoms with Crippen LogP contribution in [-0.4, -0.2) is 25.7 Å². The van der Waals surface area contributed by atoms with Gasteiger partial charge in [0.2, 0.25) is 0 Å². The number of rotatable bonds is 4. The number of hydrogen-bond donors (Lipinski definition) is 1. The molecule has 2 rings (SSSR count). The van der Waals surface area contributed by atoms with E-state index in [0.29, 0.717) is 0 Å². The number of hydrogen-bond acceptors (Lipinski definition) is 3. The van der Waals surface area contributed by atoms with E-state index in [9.17, 15) is 0 Å². The van der Waals surface area contributed by atoms with Gasteiger partial charge in [0.15, 0.2) is 0 Å². The predicted octanol–water partition coefficient (Wildman–Crippen LogP) is 2.62. The molecule has 0 amide bonds. The van der Waals surface area contributed by atoms with Crippen molar-refractivity contribution in [2.75, 3.05) is 20.7 Å². The van der Waals surface area contributed by atoms with Crippen molar-refractivity contribution in [2.45, 2.75) is 20.3 Å². The molecule has 0 atom stereocenters. The molecule has 3 nitrogen and oxygen atoms in total. The van der Waals surface area contributed by atoms with Gasteiger partial charge in [0.1, 0.15) is 5.75 Å². The summed E-state index contributed by atoms with van der Waals surface area (Å²) < 4.78 is 5.32. The van der Waals surface area contributed by atoms with E-state index in [1.54, 1.807) is 7.11 Å². The van der Waals surface area contributed by atoms with Gasteiger partial charge in [-0.1, -0.05) is 0 Å². The summed E-state index contributed by atoms with van der Waals surface area (Å²) in [5.41, 5.74) is 4.65. The van der Waals surface area contributed by atoms with Crippen LogP contribution in [0.3, 0.4) is 0 Å². The Labute approximate surface area is 108 Å². The van der Waals surface area contributed by atoms with Crippen molar-refractivity contribution in [1.82, 2.24) is 10.3 Å². The maximum Gasteiger partial charge on any atom is 0.119 e. The third-order valence-electron chi connectivity index (χ3n) is 3.20. The molecular formula is C15H20N2O. The summed E-state index contributed by atoms with van der Waals surface area (Å²) in [5.74, 6) is 0.896. The average molecular weight is 244 g/mol. The van der Waals surface area contributed by atoms with Crippen LogP contribution in [0.2, 0.25) is 0 Å². The molecule has 0 aliphatic carbocycles. The Morgan fingerprint density at radius 3 is 2.61 bits per heavy atom. The van der Waals surface area contributed by atoms with Crippen molar-refractivity contribution in [3.63, 3.8) is 0 Å². The highest BCUT2D eigenvalue weighted by Gasteiger charge is 2.07. The molecule has 0 fully saturated rings. The van der Waals surface area contributed by atoms with Crippen molar-refractivity contribution >= 4 is 10.9 Å². The standard InChI is InChI=1S/C15H20N2O/c1-10-7-12(5-6-16-3)17-15-11(2)8-13(18-4)9-14(10)15/h7-9,16H,5-6H2,1-4H3. The molecule has 0 spiro atoms. The fourth-order valence-corrected chi connectivity index (χ4v) is 2.20. The molecule has 0 unspecified atom stereocenters. The molecule has 2 aromatic rings. The number of likely N-dealkylation sites (N-methyl/N-ethyl adjacent to an activating group) is 1. The second-order valence-electron chi connectivity index (χ2n) is 4.62. The summed E-state index contributed by atoms with van der Waals surface area (Å²) in [5, 5.41) is 4.34. The molecule has 0 saturated carbocycles. The lowest BCUT2D eigenvalue weighted by atomic mass is 10.0. The number of nitrogens with zero attached hydrogens (tertiary/aromatic N) is 1. The Bertz CT molecular complexity index is 564. The van der Waals surface area contributed by atoms with Gasteiger partial charge in [0.05, 0.1) is 12.6 Å². The number of aromatic nitrogens is 1. The summed E-state index contributed by atoms with van der Waals surface area (Å²) >= 11 is 0. The Kier molecular flexibility index (Phi) is 3.82. The van der Waals surface area contributed by atoms with Crippen LogP contribution in [0, 0.1) is 13.8 Å². The highest BCUT2D eigenvalue weighted by Crippen LogP contribution is 2.26. The van der Waals surface area contributed by atoms with Gasteiger partial charge in [-0.2, -0.15) is 0 Å². The van der Waals surface area contributed by atoms with Crippen molar-refractivity contribution < 1.29 is 4.74 Å². The quantitative estimate of drug-likeness (QED) is 0.897. The van der Waals surface area contributed by atoms with E-state index in [1.807, 2.05) is 13.1 Å². The molecule has 0 aliphatic rings. The van der Waals surface area contributed by atoms with Crippen molar-refractivity contribution in [2.24, 2.45) is 0 Å². The van der Waals surface area contributed by atoms with Gasteiger partial charge in [-0.05, 0) is 50.2 Å².